The van der Waals surface area contributed by atoms with Gasteiger partial charge in [0.2, 0.25) is 0 Å². The molecule has 0 unspecified atom stereocenters. The molecule has 0 bridgehead atoms. The van der Waals surface area contributed by atoms with Crippen LogP contribution in [0.5, 0.6) is 34.5 Å². The highest BCUT2D eigenvalue weighted by atomic mass is 32.2. The summed E-state index contributed by atoms with van der Waals surface area (Å²) >= 11 is 0. The minimum atomic E-state index is -3.92. The van der Waals surface area contributed by atoms with E-state index < -0.39 is 20.2 Å². The van der Waals surface area contributed by atoms with Crippen LogP contribution in [-0.2, 0) is 38.1 Å². The molecule has 0 saturated carbocycles. The van der Waals surface area contributed by atoms with Crippen molar-refractivity contribution in [2.75, 3.05) is 92.5 Å². The third-order valence-electron chi connectivity index (χ3n) is 7.63. The van der Waals surface area contributed by atoms with Crippen molar-refractivity contribution >= 4 is 20.2 Å². The molecule has 0 saturated heterocycles. The second-order valence-electron chi connectivity index (χ2n) is 12.4. The molecule has 4 aromatic rings. The summed E-state index contributed by atoms with van der Waals surface area (Å²) in [6, 6.07) is 22.6. The quantitative estimate of drug-likeness (QED) is 0.0561. The van der Waals surface area contributed by atoms with Gasteiger partial charge in [-0.2, -0.15) is 16.8 Å². The van der Waals surface area contributed by atoms with Gasteiger partial charge in [0.25, 0.3) is 20.2 Å². The molecule has 0 atom stereocenters. The molecule has 0 heterocycles. The molecule has 16 nitrogen and oxygen atoms in total. The molecule has 332 valence electrons. The topological polar surface area (TPSA) is 201 Å². The first kappa shape index (κ1) is 49.7. The fraction of sp³-hybridized carbons (Fsp3) is 0.429. The molecule has 18 heteroatoms. The van der Waals surface area contributed by atoms with Gasteiger partial charge in [0.1, 0.15) is 87.4 Å². The molecule has 0 fully saturated rings. The SMILES string of the molecule is CCOCCOc1cc(OCCO)cc(OCCO)c1.CCOCCOc1cc(OCCOS(=O)(=O)c2ccc(C)cc2)cc(OCCOS(=O)(=O)c2ccc(C)cc2)c1. The Bertz CT molecular complexity index is 1900. The molecule has 0 aliphatic rings. The highest BCUT2D eigenvalue weighted by molar-refractivity contribution is 7.87. The summed E-state index contributed by atoms with van der Waals surface area (Å²) in [6.45, 7) is 10.0. The minimum absolute atomic E-state index is 0.0603. The second-order valence-corrected chi connectivity index (χ2v) is 15.6. The summed E-state index contributed by atoms with van der Waals surface area (Å²) < 4.78 is 103. The number of aryl methyl sites for hydroxylation is 2. The zero-order valence-electron chi connectivity index (χ0n) is 34.4. The fourth-order valence-corrected chi connectivity index (χ4v) is 6.58. The molecule has 4 rings (SSSR count). The normalized spacial score (nSPS) is 11.3. The Kier molecular flexibility index (Phi) is 22.6. The van der Waals surface area contributed by atoms with E-state index in [1.807, 2.05) is 27.7 Å². The summed E-state index contributed by atoms with van der Waals surface area (Å²) in [7, 11) is -7.84. The number of hydrogen-bond donors (Lipinski definition) is 2. The van der Waals surface area contributed by atoms with Gasteiger partial charge in [-0.15, -0.1) is 0 Å². The Morgan fingerprint density at radius 1 is 0.400 bits per heavy atom. The Morgan fingerprint density at radius 3 is 0.933 bits per heavy atom. The van der Waals surface area contributed by atoms with Crippen molar-refractivity contribution in [3.63, 3.8) is 0 Å². The number of ether oxygens (including phenoxy) is 8. The molecule has 0 aliphatic carbocycles. The van der Waals surface area contributed by atoms with Crippen LogP contribution in [0, 0.1) is 13.8 Å². The molecule has 0 aliphatic heterocycles. The van der Waals surface area contributed by atoms with Gasteiger partial charge < -0.3 is 48.1 Å². The van der Waals surface area contributed by atoms with E-state index in [0.29, 0.717) is 67.5 Å². The number of aliphatic hydroxyl groups excluding tert-OH is 2. The van der Waals surface area contributed by atoms with Crippen molar-refractivity contribution in [2.24, 2.45) is 0 Å². The summed E-state index contributed by atoms with van der Waals surface area (Å²) in [4.78, 5) is 0.121. The van der Waals surface area contributed by atoms with E-state index in [1.54, 1.807) is 60.7 Å². The standard InChI is InChI=1S/C28H34O10S2.C14H22O6/c1-4-33-13-14-34-24-19-25(35-15-17-37-39(29,30)27-9-5-22(2)6-10-27)21-26(20-24)36-16-18-38-40(31,32)28-11-7-23(3)8-12-28;1-2-17-7-8-20-14-10-12(18-5-3-15)9-13(11-14)19-6-4-16/h5-12,19-21H,4,13-18H2,1-3H3;9-11,15-16H,2-8H2,1H3. The molecule has 4 aromatic carbocycles. The predicted molar refractivity (Wildman–Crippen MR) is 222 cm³/mol. The Labute approximate surface area is 353 Å². The summed E-state index contributed by atoms with van der Waals surface area (Å²) in [5.74, 6) is 2.78. The maximum absolute atomic E-state index is 12.4. The lowest BCUT2D eigenvalue weighted by Crippen LogP contribution is -2.14. The average molecular weight is 881 g/mol. The van der Waals surface area contributed by atoms with Crippen LogP contribution >= 0.6 is 0 Å². The third kappa shape index (κ3) is 19.2. The Morgan fingerprint density at radius 2 is 0.667 bits per heavy atom. The van der Waals surface area contributed by atoms with Crippen LogP contribution in [0.25, 0.3) is 0 Å². The zero-order chi connectivity index (χ0) is 43.6. The number of hydrogen-bond acceptors (Lipinski definition) is 16. The smallest absolute Gasteiger partial charge is 0.297 e. The number of rotatable bonds is 28. The van der Waals surface area contributed by atoms with Gasteiger partial charge in [0.05, 0.1) is 36.2 Å². The van der Waals surface area contributed by atoms with Crippen LogP contribution in [0.2, 0.25) is 0 Å². The van der Waals surface area contributed by atoms with Crippen molar-refractivity contribution in [1.82, 2.24) is 0 Å². The first-order chi connectivity index (χ1) is 28.9. The maximum atomic E-state index is 12.4. The summed E-state index contributed by atoms with van der Waals surface area (Å²) in [5.41, 5.74) is 1.87. The lowest BCUT2D eigenvalue weighted by molar-refractivity contribution is 0.110. The van der Waals surface area contributed by atoms with E-state index >= 15 is 0 Å². The van der Waals surface area contributed by atoms with E-state index in [4.69, 9.17) is 56.5 Å². The van der Waals surface area contributed by atoms with E-state index in [-0.39, 0.29) is 69.3 Å². The van der Waals surface area contributed by atoms with Crippen molar-refractivity contribution in [3.8, 4) is 34.5 Å². The van der Waals surface area contributed by atoms with Gasteiger partial charge in [-0.05, 0) is 52.0 Å². The van der Waals surface area contributed by atoms with Crippen LogP contribution in [0.15, 0.2) is 94.7 Å². The molecular formula is C42H56O16S2. The Balaban J connectivity index is 0.000000403. The van der Waals surface area contributed by atoms with Crippen LogP contribution in [-0.4, -0.2) is 120 Å². The zero-order valence-corrected chi connectivity index (χ0v) is 36.0. The number of benzene rings is 4. The van der Waals surface area contributed by atoms with Crippen molar-refractivity contribution < 1.29 is 73.3 Å². The second kappa shape index (κ2) is 27.2. The largest absolute Gasteiger partial charge is 0.491 e. The number of aliphatic hydroxyl groups is 2. The lowest BCUT2D eigenvalue weighted by atomic mass is 10.2. The van der Waals surface area contributed by atoms with Gasteiger partial charge in [-0.1, -0.05) is 35.4 Å². The first-order valence-electron chi connectivity index (χ1n) is 19.3. The molecule has 0 spiro atoms. The third-order valence-corrected chi connectivity index (χ3v) is 10.3. The van der Waals surface area contributed by atoms with E-state index in [2.05, 4.69) is 0 Å². The van der Waals surface area contributed by atoms with Gasteiger partial charge in [-0.3, -0.25) is 8.37 Å². The molecule has 0 aromatic heterocycles. The van der Waals surface area contributed by atoms with Crippen LogP contribution in [0.3, 0.4) is 0 Å². The first-order valence-corrected chi connectivity index (χ1v) is 22.1. The van der Waals surface area contributed by atoms with Gasteiger partial charge in [0, 0.05) is 49.6 Å². The predicted octanol–water partition coefficient (Wildman–Crippen LogP) is 5.13. The highest BCUT2D eigenvalue weighted by Crippen LogP contribution is 2.29. The Hall–Kier alpha value is -4.66. The molecule has 0 amide bonds. The average Bonchev–Trinajstić information content (AvgIpc) is 3.23. The van der Waals surface area contributed by atoms with E-state index in [9.17, 15) is 16.8 Å². The van der Waals surface area contributed by atoms with E-state index in [0.717, 1.165) is 11.1 Å². The lowest BCUT2D eigenvalue weighted by Gasteiger charge is -2.14. The van der Waals surface area contributed by atoms with Crippen LogP contribution in [0.1, 0.15) is 25.0 Å². The van der Waals surface area contributed by atoms with Crippen LogP contribution in [0.4, 0.5) is 0 Å². The van der Waals surface area contributed by atoms with Crippen molar-refractivity contribution in [3.05, 3.63) is 96.1 Å². The van der Waals surface area contributed by atoms with E-state index in [1.165, 1.54) is 24.3 Å². The molecular weight excluding hydrogens is 825 g/mol. The summed E-state index contributed by atoms with van der Waals surface area (Å²) in [5, 5.41) is 17.5. The van der Waals surface area contributed by atoms with Crippen molar-refractivity contribution in [2.45, 2.75) is 37.5 Å². The minimum Gasteiger partial charge on any atom is -0.491 e. The van der Waals surface area contributed by atoms with Gasteiger partial charge in [-0.25, -0.2) is 0 Å². The molecule has 2 N–H and O–H groups in total. The fourth-order valence-electron chi connectivity index (χ4n) is 4.80. The maximum Gasteiger partial charge on any atom is 0.297 e. The highest BCUT2D eigenvalue weighted by Gasteiger charge is 2.16. The van der Waals surface area contributed by atoms with Gasteiger partial charge >= 0.3 is 0 Å². The van der Waals surface area contributed by atoms with Gasteiger partial charge in [0.15, 0.2) is 0 Å². The molecule has 60 heavy (non-hydrogen) atoms. The monoisotopic (exact) mass is 880 g/mol. The van der Waals surface area contributed by atoms with Crippen molar-refractivity contribution in [1.29, 1.82) is 0 Å². The van der Waals surface area contributed by atoms with Crippen LogP contribution < -0.4 is 28.4 Å². The molecule has 0 radical (unpaired) electrons. The summed E-state index contributed by atoms with van der Waals surface area (Å²) in [6.07, 6.45) is 0.